The highest BCUT2D eigenvalue weighted by Gasteiger charge is 2.26. The maximum absolute atomic E-state index is 13.1. The molecule has 1 amide bonds. The number of nitrogens with one attached hydrogen (secondary N) is 1. The predicted octanol–water partition coefficient (Wildman–Crippen LogP) is 2.28. The maximum Gasteiger partial charge on any atom is 0.241 e. The standard InChI is InChI=1S/C13H16BrFN2O2/c14-10-7-9(1-2-11(10)15)17-13(18)12(16)8-3-5-19-6-4-8/h1-2,7-8,12H,3-6,16H2,(H,17,18). The predicted molar refractivity (Wildman–Crippen MR) is 74.2 cm³/mol. The third kappa shape index (κ3) is 3.75. The molecule has 1 aliphatic rings. The molecule has 0 spiro atoms. The smallest absolute Gasteiger partial charge is 0.241 e. The third-order valence-corrected chi connectivity index (χ3v) is 3.87. The zero-order chi connectivity index (χ0) is 13.8. The molecule has 1 fully saturated rings. The lowest BCUT2D eigenvalue weighted by molar-refractivity contribution is -0.119. The minimum atomic E-state index is -0.562. The van der Waals surface area contributed by atoms with Crippen LogP contribution in [0.2, 0.25) is 0 Å². The van der Waals surface area contributed by atoms with Crippen LogP contribution >= 0.6 is 15.9 Å². The Kier molecular flexibility index (Phi) is 4.90. The number of hydrogen-bond donors (Lipinski definition) is 2. The summed E-state index contributed by atoms with van der Waals surface area (Å²) in [5.41, 5.74) is 6.48. The lowest BCUT2D eigenvalue weighted by atomic mass is 9.92. The minimum Gasteiger partial charge on any atom is -0.381 e. The molecule has 0 aliphatic carbocycles. The molecule has 6 heteroatoms. The summed E-state index contributed by atoms with van der Waals surface area (Å²) in [6, 6.07) is 3.76. The van der Waals surface area contributed by atoms with Crippen LogP contribution in [0.4, 0.5) is 10.1 Å². The lowest BCUT2D eigenvalue weighted by Crippen LogP contribution is -2.44. The van der Waals surface area contributed by atoms with E-state index in [1.165, 1.54) is 18.2 Å². The Labute approximate surface area is 119 Å². The number of benzene rings is 1. The fourth-order valence-electron chi connectivity index (χ4n) is 2.09. The molecule has 19 heavy (non-hydrogen) atoms. The summed E-state index contributed by atoms with van der Waals surface area (Å²) < 4.78 is 18.6. The topological polar surface area (TPSA) is 64.4 Å². The van der Waals surface area contributed by atoms with Gasteiger partial charge in [-0.25, -0.2) is 4.39 Å². The van der Waals surface area contributed by atoms with Gasteiger partial charge in [-0.05, 0) is 52.9 Å². The van der Waals surface area contributed by atoms with E-state index in [9.17, 15) is 9.18 Å². The number of halogens is 2. The Morgan fingerprint density at radius 1 is 1.47 bits per heavy atom. The van der Waals surface area contributed by atoms with Gasteiger partial charge >= 0.3 is 0 Å². The van der Waals surface area contributed by atoms with E-state index in [1.807, 2.05) is 0 Å². The number of amides is 1. The van der Waals surface area contributed by atoms with E-state index >= 15 is 0 Å². The molecule has 0 bridgehead atoms. The molecular formula is C13H16BrFN2O2. The Morgan fingerprint density at radius 2 is 2.16 bits per heavy atom. The first-order valence-electron chi connectivity index (χ1n) is 6.17. The molecule has 4 nitrogen and oxygen atoms in total. The Morgan fingerprint density at radius 3 is 2.79 bits per heavy atom. The van der Waals surface area contributed by atoms with E-state index in [4.69, 9.17) is 10.5 Å². The Balaban J connectivity index is 1.97. The zero-order valence-corrected chi connectivity index (χ0v) is 12.0. The quantitative estimate of drug-likeness (QED) is 0.893. The molecule has 3 N–H and O–H groups in total. The van der Waals surface area contributed by atoms with Crippen molar-refractivity contribution >= 4 is 27.5 Å². The Bertz CT molecular complexity index is 464. The van der Waals surface area contributed by atoms with Crippen molar-refractivity contribution in [3.63, 3.8) is 0 Å². The van der Waals surface area contributed by atoms with Gasteiger partial charge in [0.05, 0.1) is 10.5 Å². The molecule has 0 radical (unpaired) electrons. The molecule has 1 aliphatic heterocycles. The second-order valence-electron chi connectivity index (χ2n) is 4.59. The van der Waals surface area contributed by atoms with Gasteiger partial charge in [0.25, 0.3) is 0 Å². The third-order valence-electron chi connectivity index (χ3n) is 3.26. The van der Waals surface area contributed by atoms with E-state index < -0.39 is 6.04 Å². The molecule has 1 heterocycles. The van der Waals surface area contributed by atoms with Crippen molar-refractivity contribution in [1.82, 2.24) is 0 Å². The SMILES string of the molecule is NC(C(=O)Nc1ccc(F)c(Br)c1)C1CCOCC1. The molecule has 1 atom stereocenters. The van der Waals surface area contributed by atoms with Gasteiger partial charge in [0.15, 0.2) is 0 Å². The highest BCUT2D eigenvalue weighted by atomic mass is 79.9. The number of carbonyl (C=O) groups excluding carboxylic acids is 1. The molecule has 2 rings (SSSR count). The first kappa shape index (κ1) is 14.4. The number of hydrogen-bond acceptors (Lipinski definition) is 3. The van der Waals surface area contributed by atoms with Crippen LogP contribution in [-0.4, -0.2) is 25.2 Å². The van der Waals surface area contributed by atoms with Crippen LogP contribution in [0.15, 0.2) is 22.7 Å². The first-order chi connectivity index (χ1) is 9.08. The molecule has 1 unspecified atom stereocenters. The molecule has 104 valence electrons. The van der Waals surface area contributed by atoms with Crippen LogP contribution < -0.4 is 11.1 Å². The van der Waals surface area contributed by atoms with E-state index in [-0.39, 0.29) is 17.6 Å². The van der Waals surface area contributed by atoms with Crippen molar-refractivity contribution in [2.45, 2.75) is 18.9 Å². The van der Waals surface area contributed by atoms with Gasteiger partial charge in [-0.15, -0.1) is 0 Å². The van der Waals surface area contributed by atoms with Gasteiger partial charge in [-0.1, -0.05) is 0 Å². The van der Waals surface area contributed by atoms with Gasteiger partial charge in [-0.2, -0.15) is 0 Å². The average Bonchev–Trinajstić information content (AvgIpc) is 2.43. The van der Waals surface area contributed by atoms with Gasteiger partial charge < -0.3 is 15.8 Å². The second-order valence-corrected chi connectivity index (χ2v) is 5.45. The summed E-state index contributed by atoms with van der Waals surface area (Å²) in [6.45, 7) is 1.29. The summed E-state index contributed by atoms with van der Waals surface area (Å²) in [5, 5.41) is 2.71. The van der Waals surface area contributed by atoms with Gasteiger partial charge in [0.2, 0.25) is 5.91 Å². The van der Waals surface area contributed by atoms with Gasteiger partial charge in [0.1, 0.15) is 5.82 Å². The largest absolute Gasteiger partial charge is 0.381 e. The number of carbonyl (C=O) groups is 1. The van der Waals surface area contributed by atoms with Crippen LogP contribution in [0.1, 0.15) is 12.8 Å². The second kappa shape index (κ2) is 6.45. The van der Waals surface area contributed by atoms with Crippen LogP contribution in [0.25, 0.3) is 0 Å². The molecule has 1 aromatic carbocycles. The van der Waals surface area contributed by atoms with Gasteiger partial charge in [0, 0.05) is 18.9 Å². The molecule has 1 saturated heterocycles. The van der Waals surface area contributed by atoms with Crippen LogP contribution in [0, 0.1) is 11.7 Å². The normalized spacial score (nSPS) is 18.1. The van der Waals surface area contributed by atoms with E-state index in [0.717, 1.165) is 12.8 Å². The lowest BCUT2D eigenvalue weighted by Gasteiger charge is -2.26. The number of rotatable bonds is 3. The van der Waals surface area contributed by atoms with Crippen LogP contribution in [-0.2, 0) is 9.53 Å². The average molecular weight is 331 g/mol. The van der Waals surface area contributed by atoms with Crippen molar-refractivity contribution in [2.24, 2.45) is 11.7 Å². The van der Waals surface area contributed by atoms with Crippen molar-refractivity contribution < 1.29 is 13.9 Å². The number of nitrogens with two attached hydrogens (primary N) is 1. The summed E-state index contributed by atoms with van der Waals surface area (Å²) in [7, 11) is 0. The summed E-state index contributed by atoms with van der Waals surface area (Å²) in [6.07, 6.45) is 1.59. The maximum atomic E-state index is 13.1. The molecule has 0 aromatic heterocycles. The van der Waals surface area contributed by atoms with Crippen molar-refractivity contribution in [3.8, 4) is 0 Å². The Hall–Kier alpha value is -0.980. The fourth-order valence-corrected chi connectivity index (χ4v) is 2.47. The minimum absolute atomic E-state index is 0.137. The summed E-state index contributed by atoms with van der Waals surface area (Å²) >= 11 is 3.08. The summed E-state index contributed by atoms with van der Waals surface area (Å²) in [4.78, 5) is 12.0. The van der Waals surface area contributed by atoms with E-state index in [1.54, 1.807) is 0 Å². The van der Waals surface area contributed by atoms with Crippen molar-refractivity contribution in [1.29, 1.82) is 0 Å². The fraction of sp³-hybridized carbons (Fsp3) is 0.462. The van der Waals surface area contributed by atoms with E-state index in [2.05, 4.69) is 21.2 Å². The van der Waals surface area contributed by atoms with Crippen molar-refractivity contribution in [2.75, 3.05) is 18.5 Å². The molecular weight excluding hydrogens is 315 g/mol. The highest BCUT2D eigenvalue weighted by molar-refractivity contribution is 9.10. The molecule has 1 aromatic rings. The van der Waals surface area contributed by atoms with Crippen molar-refractivity contribution in [3.05, 3.63) is 28.5 Å². The molecule has 0 saturated carbocycles. The zero-order valence-electron chi connectivity index (χ0n) is 10.4. The van der Waals surface area contributed by atoms with E-state index in [0.29, 0.717) is 23.4 Å². The van der Waals surface area contributed by atoms with Gasteiger partial charge in [-0.3, -0.25) is 4.79 Å². The summed E-state index contributed by atoms with van der Waals surface area (Å²) in [5.74, 6) is -0.477. The number of ether oxygens (including phenoxy) is 1. The number of anilines is 1. The van der Waals surface area contributed by atoms with Crippen LogP contribution in [0.5, 0.6) is 0 Å². The monoisotopic (exact) mass is 330 g/mol. The first-order valence-corrected chi connectivity index (χ1v) is 6.96. The highest BCUT2D eigenvalue weighted by Crippen LogP contribution is 2.22. The van der Waals surface area contributed by atoms with Crippen LogP contribution in [0.3, 0.4) is 0 Å².